The van der Waals surface area contributed by atoms with Gasteiger partial charge in [-0.1, -0.05) is 23.5 Å². The van der Waals surface area contributed by atoms with E-state index in [9.17, 15) is 17.6 Å². The van der Waals surface area contributed by atoms with Crippen LogP contribution in [0.15, 0.2) is 53.4 Å². The fourth-order valence-electron chi connectivity index (χ4n) is 2.89. The average molecular weight is 420 g/mol. The van der Waals surface area contributed by atoms with Crippen LogP contribution in [0.1, 0.15) is 6.42 Å². The van der Waals surface area contributed by atoms with Gasteiger partial charge in [0.1, 0.15) is 11.9 Å². The third-order valence-electron chi connectivity index (χ3n) is 4.45. The van der Waals surface area contributed by atoms with E-state index >= 15 is 0 Å². The third kappa shape index (κ3) is 4.00. The average Bonchev–Trinajstić information content (AvgIpc) is 3.06. The fraction of sp³-hybridized carbons (Fsp3) is 0.263. The van der Waals surface area contributed by atoms with Crippen molar-refractivity contribution in [2.24, 2.45) is 0 Å². The molecule has 0 unspecified atom stereocenters. The first-order valence-electron chi connectivity index (χ1n) is 8.69. The van der Waals surface area contributed by atoms with Gasteiger partial charge in [0.25, 0.3) is 0 Å². The molecule has 1 fully saturated rings. The minimum absolute atomic E-state index is 0.00708. The summed E-state index contributed by atoms with van der Waals surface area (Å²) in [5.41, 5.74) is 0.939. The van der Waals surface area contributed by atoms with Gasteiger partial charge in [0.2, 0.25) is 0 Å². The number of hydrogen-bond donors (Lipinski definition) is 0. The number of para-hydroxylation sites is 1. The van der Waals surface area contributed by atoms with E-state index in [2.05, 4.69) is 4.98 Å². The summed E-state index contributed by atoms with van der Waals surface area (Å²) < 4.78 is 43.7. The van der Waals surface area contributed by atoms with Crippen molar-refractivity contribution in [3.05, 3.63) is 54.3 Å². The summed E-state index contributed by atoms with van der Waals surface area (Å²) in [6, 6.07) is 12.4. The number of halogens is 1. The number of anilines is 1. The number of fused-ring (bicyclic) bond motifs is 1. The standard InChI is InChI=1S/C19H17FN2O4S2/c20-13-5-7-15(8-6-13)28(24,25)10-9-18(23)26-14-11-22(12-14)19-21-16-3-1-2-4-17(16)27-19/h1-8,14H,9-12H2. The van der Waals surface area contributed by atoms with Crippen molar-refractivity contribution in [3.63, 3.8) is 0 Å². The van der Waals surface area contributed by atoms with Crippen LogP contribution in [0.5, 0.6) is 0 Å². The van der Waals surface area contributed by atoms with Gasteiger partial charge in [0.05, 0.1) is 40.4 Å². The Morgan fingerprint density at radius 3 is 2.61 bits per heavy atom. The van der Waals surface area contributed by atoms with E-state index in [-0.39, 0.29) is 23.2 Å². The van der Waals surface area contributed by atoms with Gasteiger partial charge < -0.3 is 9.64 Å². The van der Waals surface area contributed by atoms with Gasteiger partial charge in [-0.3, -0.25) is 4.79 Å². The van der Waals surface area contributed by atoms with Crippen molar-refractivity contribution >= 4 is 42.5 Å². The molecule has 1 aliphatic heterocycles. The summed E-state index contributed by atoms with van der Waals surface area (Å²) in [4.78, 5) is 18.6. The molecule has 0 saturated carbocycles. The number of ether oxygens (including phenoxy) is 1. The Morgan fingerprint density at radius 2 is 1.89 bits per heavy atom. The molecule has 0 radical (unpaired) electrons. The Labute approximate surface area is 165 Å². The number of aromatic nitrogens is 1. The maximum atomic E-state index is 12.9. The Balaban J connectivity index is 1.26. The number of esters is 1. The molecule has 9 heteroatoms. The highest BCUT2D eigenvalue weighted by atomic mass is 32.2. The van der Waals surface area contributed by atoms with Crippen LogP contribution in [0, 0.1) is 5.82 Å². The number of sulfone groups is 1. The van der Waals surface area contributed by atoms with Crippen molar-refractivity contribution in [2.75, 3.05) is 23.7 Å². The van der Waals surface area contributed by atoms with Gasteiger partial charge in [-0.05, 0) is 36.4 Å². The topological polar surface area (TPSA) is 76.6 Å². The maximum absolute atomic E-state index is 12.9. The highest BCUT2D eigenvalue weighted by Crippen LogP contribution is 2.31. The zero-order chi connectivity index (χ0) is 19.7. The summed E-state index contributed by atoms with van der Waals surface area (Å²) in [6.07, 6.45) is -0.509. The quantitative estimate of drug-likeness (QED) is 0.451. The lowest BCUT2D eigenvalue weighted by molar-refractivity contribution is -0.149. The summed E-state index contributed by atoms with van der Waals surface area (Å²) in [7, 11) is -3.65. The largest absolute Gasteiger partial charge is 0.459 e. The van der Waals surface area contributed by atoms with Gasteiger partial charge in [-0.15, -0.1) is 0 Å². The summed E-state index contributed by atoms with van der Waals surface area (Å²) in [5, 5.41) is 0.882. The molecule has 1 aliphatic rings. The number of thiazole rings is 1. The number of hydrogen-bond acceptors (Lipinski definition) is 7. The van der Waals surface area contributed by atoms with Crippen molar-refractivity contribution in [3.8, 4) is 0 Å². The minimum Gasteiger partial charge on any atom is -0.459 e. The van der Waals surface area contributed by atoms with Crippen LogP contribution in [-0.2, 0) is 19.4 Å². The SMILES string of the molecule is O=C(CCS(=O)(=O)c1ccc(F)cc1)OC1CN(c2nc3ccccc3s2)C1. The van der Waals surface area contributed by atoms with E-state index in [4.69, 9.17) is 4.74 Å². The van der Waals surface area contributed by atoms with E-state index in [0.29, 0.717) is 13.1 Å². The van der Waals surface area contributed by atoms with Crippen molar-refractivity contribution in [1.82, 2.24) is 4.98 Å². The third-order valence-corrected chi connectivity index (χ3v) is 7.28. The van der Waals surface area contributed by atoms with Crippen molar-refractivity contribution in [2.45, 2.75) is 17.4 Å². The molecule has 0 N–H and O–H groups in total. The zero-order valence-corrected chi connectivity index (χ0v) is 16.4. The number of rotatable bonds is 6. The van der Waals surface area contributed by atoms with Gasteiger partial charge in [-0.25, -0.2) is 17.8 Å². The Kier molecular flexibility index (Phi) is 5.03. The second kappa shape index (κ2) is 7.48. The number of nitrogens with zero attached hydrogens (tertiary/aromatic N) is 2. The first-order chi connectivity index (χ1) is 13.4. The van der Waals surface area contributed by atoms with Crippen LogP contribution in [0.4, 0.5) is 9.52 Å². The fourth-order valence-corrected chi connectivity index (χ4v) is 5.09. The lowest BCUT2D eigenvalue weighted by Crippen LogP contribution is -2.53. The number of carbonyl (C=O) groups is 1. The predicted octanol–water partition coefficient (Wildman–Crippen LogP) is 3.03. The van der Waals surface area contributed by atoms with Crippen LogP contribution in [0.2, 0.25) is 0 Å². The molecule has 2 heterocycles. The van der Waals surface area contributed by atoms with Gasteiger partial charge in [0, 0.05) is 0 Å². The second-order valence-corrected chi connectivity index (χ2v) is 9.62. The van der Waals surface area contributed by atoms with E-state index in [1.165, 1.54) is 12.1 Å². The molecule has 6 nitrogen and oxygen atoms in total. The molecule has 1 aromatic heterocycles. The minimum atomic E-state index is -3.65. The van der Waals surface area contributed by atoms with Gasteiger partial charge in [0.15, 0.2) is 15.0 Å². The molecule has 0 amide bonds. The van der Waals surface area contributed by atoms with Gasteiger partial charge in [-0.2, -0.15) is 0 Å². The highest BCUT2D eigenvalue weighted by molar-refractivity contribution is 7.91. The summed E-state index contributed by atoms with van der Waals surface area (Å²) >= 11 is 1.58. The highest BCUT2D eigenvalue weighted by Gasteiger charge is 2.32. The predicted molar refractivity (Wildman–Crippen MR) is 105 cm³/mol. The van der Waals surface area contributed by atoms with E-state index < -0.39 is 21.6 Å². The first-order valence-corrected chi connectivity index (χ1v) is 11.2. The van der Waals surface area contributed by atoms with Crippen LogP contribution in [0.25, 0.3) is 10.2 Å². The first kappa shape index (κ1) is 18.8. The maximum Gasteiger partial charge on any atom is 0.307 e. The van der Waals surface area contributed by atoms with Crippen LogP contribution in [-0.4, -0.2) is 44.3 Å². The van der Waals surface area contributed by atoms with Gasteiger partial charge >= 0.3 is 5.97 Å². The van der Waals surface area contributed by atoms with Crippen LogP contribution in [0.3, 0.4) is 0 Å². The van der Waals surface area contributed by atoms with Crippen LogP contribution >= 0.6 is 11.3 Å². The lowest BCUT2D eigenvalue weighted by Gasteiger charge is -2.38. The molecule has 0 spiro atoms. The Morgan fingerprint density at radius 1 is 1.18 bits per heavy atom. The smallest absolute Gasteiger partial charge is 0.307 e. The molecule has 0 aliphatic carbocycles. The molecule has 0 bridgehead atoms. The summed E-state index contributed by atoms with van der Waals surface area (Å²) in [6.45, 7) is 1.08. The molecular formula is C19H17FN2O4S2. The Bertz CT molecular complexity index is 1070. The molecule has 3 aromatic rings. The van der Waals surface area contributed by atoms with E-state index in [1.54, 1.807) is 11.3 Å². The van der Waals surface area contributed by atoms with E-state index in [1.807, 2.05) is 29.2 Å². The van der Waals surface area contributed by atoms with Crippen LogP contribution < -0.4 is 4.90 Å². The monoisotopic (exact) mass is 420 g/mol. The Hall–Kier alpha value is -2.52. The number of carbonyl (C=O) groups excluding carboxylic acids is 1. The van der Waals surface area contributed by atoms with Crippen molar-refractivity contribution in [1.29, 1.82) is 0 Å². The lowest BCUT2D eigenvalue weighted by atomic mass is 10.2. The zero-order valence-electron chi connectivity index (χ0n) is 14.7. The van der Waals surface area contributed by atoms with E-state index in [0.717, 1.165) is 27.5 Å². The number of benzene rings is 2. The molecule has 1 saturated heterocycles. The molecular weight excluding hydrogens is 403 g/mol. The normalized spacial score (nSPS) is 14.8. The molecule has 0 atom stereocenters. The van der Waals surface area contributed by atoms with Crippen molar-refractivity contribution < 1.29 is 22.3 Å². The molecule has 4 rings (SSSR count). The second-order valence-electron chi connectivity index (χ2n) is 6.50. The molecule has 146 valence electrons. The molecule has 28 heavy (non-hydrogen) atoms. The summed E-state index contributed by atoms with van der Waals surface area (Å²) in [5.74, 6) is -1.44. The molecule has 2 aromatic carbocycles.